The Labute approximate surface area is 163 Å². The van der Waals surface area contributed by atoms with E-state index < -0.39 is 11.7 Å². The van der Waals surface area contributed by atoms with Crippen LogP contribution in [-0.4, -0.2) is 46.2 Å². The molecule has 156 valence electrons. The summed E-state index contributed by atoms with van der Waals surface area (Å²) in [7, 11) is 0. The molecule has 0 spiro atoms. The van der Waals surface area contributed by atoms with Gasteiger partial charge in [-0.15, -0.1) is 0 Å². The van der Waals surface area contributed by atoms with Gasteiger partial charge < -0.3 is 20.1 Å². The summed E-state index contributed by atoms with van der Waals surface area (Å²) in [5.41, 5.74) is -0.387. The smallest absolute Gasteiger partial charge is 0.303 e. The van der Waals surface area contributed by atoms with E-state index in [0.29, 0.717) is 6.42 Å². The second-order valence-corrected chi connectivity index (χ2v) is 9.67. The first kappa shape index (κ1) is 22.4. The Kier molecular flexibility index (Phi) is 6.81. The Bertz CT molecular complexity index is 551. The minimum Gasteiger partial charge on any atom is -0.460 e. The monoisotopic (exact) mass is 382 g/mol. The summed E-state index contributed by atoms with van der Waals surface area (Å²) in [4.78, 5) is 11.5. The van der Waals surface area contributed by atoms with Gasteiger partial charge in [-0.2, -0.15) is 0 Å². The molecule has 0 amide bonds. The highest BCUT2D eigenvalue weighted by atomic mass is 16.6. The van der Waals surface area contributed by atoms with E-state index in [1.165, 1.54) is 6.92 Å². The Morgan fingerprint density at radius 2 is 2.04 bits per heavy atom. The normalized spacial score (nSPS) is 35.4. The Morgan fingerprint density at radius 3 is 2.56 bits per heavy atom. The predicted molar refractivity (Wildman–Crippen MR) is 105 cm³/mol. The minimum atomic E-state index is -1.10. The van der Waals surface area contributed by atoms with Crippen LogP contribution in [0.5, 0.6) is 0 Å². The number of fused-ring (bicyclic) bond motifs is 1. The lowest BCUT2D eigenvalue weighted by Crippen LogP contribution is -2.55. The minimum absolute atomic E-state index is 0.0290. The van der Waals surface area contributed by atoms with Crippen molar-refractivity contribution in [1.29, 1.82) is 0 Å². The summed E-state index contributed by atoms with van der Waals surface area (Å²) >= 11 is 0. The third-order valence-corrected chi connectivity index (χ3v) is 7.42. The van der Waals surface area contributed by atoms with Crippen LogP contribution in [0.4, 0.5) is 0 Å². The zero-order valence-electron chi connectivity index (χ0n) is 17.5. The number of carbonyl (C=O) groups excluding carboxylic acids is 1. The van der Waals surface area contributed by atoms with Gasteiger partial charge in [0, 0.05) is 24.9 Å². The molecule has 0 aromatic rings. The lowest BCUT2D eigenvalue weighted by Gasteiger charge is -2.59. The highest BCUT2D eigenvalue weighted by molar-refractivity contribution is 5.66. The van der Waals surface area contributed by atoms with Crippen LogP contribution in [0.2, 0.25) is 0 Å². The summed E-state index contributed by atoms with van der Waals surface area (Å²) in [6.45, 7) is 11.3. The highest BCUT2D eigenvalue weighted by Crippen LogP contribution is 2.62. The maximum atomic E-state index is 11.5. The van der Waals surface area contributed by atoms with Crippen molar-refractivity contribution >= 4 is 5.97 Å². The van der Waals surface area contributed by atoms with Crippen LogP contribution < -0.4 is 0 Å². The Morgan fingerprint density at radius 1 is 1.37 bits per heavy atom. The van der Waals surface area contributed by atoms with Gasteiger partial charge in [0.1, 0.15) is 6.10 Å². The first-order valence-corrected chi connectivity index (χ1v) is 10.3. The highest BCUT2D eigenvalue weighted by Gasteiger charge is 2.56. The van der Waals surface area contributed by atoms with E-state index in [0.717, 1.165) is 44.1 Å². The largest absolute Gasteiger partial charge is 0.460 e. The molecule has 5 nitrogen and oxygen atoms in total. The molecule has 0 aromatic heterocycles. The van der Waals surface area contributed by atoms with Crippen LogP contribution >= 0.6 is 0 Å². The lowest BCUT2D eigenvalue weighted by molar-refractivity contribution is -0.163. The quantitative estimate of drug-likeness (QED) is 0.465. The van der Waals surface area contributed by atoms with Crippen molar-refractivity contribution in [2.45, 2.75) is 84.3 Å². The molecule has 27 heavy (non-hydrogen) atoms. The van der Waals surface area contributed by atoms with Gasteiger partial charge in [-0.3, -0.25) is 4.79 Å². The van der Waals surface area contributed by atoms with Gasteiger partial charge in [0.25, 0.3) is 0 Å². The number of ether oxygens (including phenoxy) is 1. The fourth-order valence-electron chi connectivity index (χ4n) is 5.95. The molecule has 2 aliphatic carbocycles. The second kappa shape index (κ2) is 8.22. The zero-order chi connectivity index (χ0) is 20.5. The van der Waals surface area contributed by atoms with E-state index in [4.69, 9.17) is 4.74 Å². The van der Waals surface area contributed by atoms with E-state index in [-0.39, 0.29) is 41.8 Å². The molecule has 2 fully saturated rings. The average molecular weight is 383 g/mol. The SMILES string of the molecule is C=C1CC[C@H]2[C@](C)(CC[C@H](OC(C)=O)C(C)(C)O)CCC[C@]2(CO)[C@H]1CO. The number of rotatable bonds is 7. The van der Waals surface area contributed by atoms with Gasteiger partial charge in [0.2, 0.25) is 0 Å². The van der Waals surface area contributed by atoms with E-state index in [1.807, 2.05) is 0 Å². The third-order valence-electron chi connectivity index (χ3n) is 7.42. The van der Waals surface area contributed by atoms with Crippen LogP contribution in [0.15, 0.2) is 12.2 Å². The molecule has 2 saturated carbocycles. The summed E-state index contributed by atoms with van der Waals surface area (Å²) < 4.78 is 5.41. The summed E-state index contributed by atoms with van der Waals surface area (Å²) in [5.74, 6) is -0.152. The van der Waals surface area contributed by atoms with Crippen LogP contribution in [0.3, 0.4) is 0 Å². The number of hydrogen-bond acceptors (Lipinski definition) is 5. The van der Waals surface area contributed by atoms with E-state index in [2.05, 4.69) is 13.5 Å². The van der Waals surface area contributed by atoms with Gasteiger partial charge in [0.15, 0.2) is 0 Å². The summed E-state index contributed by atoms with van der Waals surface area (Å²) in [5, 5.41) is 30.8. The standard InChI is InChI=1S/C22H38O5/c1-15-7-8-18-21(5,10-6-11-22(18,14-24)17(15)13-23)12-9-19(20(3,4)26)27-16(2)25/h17-19,23-24,26H,1,6-14H2,2-5H3/t17-,18-,19-,21-,22-/m0/s1. The van der Waals surface area contributed by atoms with Crippen molar-refractivity contribution in [3.8, 4) is 0 Å². The Balaban J connectivity index is 2.25. The molecule has 0 saturated heterocycles. The predicted octanol–water partition coefficient (Wildman–Crippen LogP) is 3.21. The van der Waals surface area contributed by atoms with Crippen molar-refractivity contribution in [3.63, 3.8) is 0 Å². The fraction of sp³-hybridized carbons (Fsp3) is 0.864. The molecule has 5 heteroatoms. The number of aliphatic hydroxyl groups excluding tert-OH is 2. The molecular weight excluding hydrogens is 344 g/mol. The Hall–Kier alpha value is -0.910. The molecule has 0 bridgehead atoms. The van der Waals surface area contributed by atoms with Crippen molar-refractivity contribution < 1.29 is 24.9 Å². The molecule has 2 rings (SSSR count). The number of carbonyl (C=O) groups is 1. The lowest BCUT2D eigenvalue weighted by atomic mass is 9.46. The van der Waals surface area contributed by atoms with Gasteiger partial charge in [0.05, 0.1) is 12.2 Å². The molecule has 0 aromatic carbocycles. The van der Waals surface area contributed by atoms with Crippen molar-refractivity contribution in [2.24, 2.45) is 22.7 Å². The number of esters is 1. The molecule has 2 aliphatic rings. The van der Waals surface area contributed by atoms with Gasteiger partial charge >= 0.3 is 5.97 Å². The van der Waals surface area contributed by atoms with E-state index in [1.54, 1.807) is 13.8 Å². The average Bonchev–Trinajstić information content (AvgIpc) is 2.57. The zero-order valence-corrected chi connectivity index (χ0v) is 17.5. The number of aliphatic hydroxyl groups is 3. The maximum Gasteiger partial charge on any atom is 0.303 e. The van der Waals surface area contributed by atoms with Crippen LogP contribution in [0, 0.1) is 22.7 Å². The van der Waals surface area contributed by atoms with Gasteiger partial charge in [-0.05, 0) is 63.7 Å². The molecule has 3 N–H and O–H groups in total. The maximum absolute atomic E-state index is 11.5. The van der Waals surface area contributed by atoms with Gasteiger partial charge in [-0.25, -0.2) is 0 Å². The van der Waals surface area contributed by atoms with Gasteiger partial charge in [-0.1, -0.05) is 25.5 Å². The summed E-state index contributed by atoms with van der Waals surface area (Å²) in [6, 6.07) is 0. The molecule has 0 heterocycles. The van der Waals surface area contributed by atoms with Crippen molar-refractivity contribution in [2.75, 3.05) is 13.2 Å². The molecule has 0 radical (unpaired) electrons. The first-order chi connectivity index (χ1) is 12.5. The second-order valence-electron chi connectivity index (χ2n) is 9.67. The van der Waals surface area contributed by atoms with Crippen LogP contribution in [-0.2, 0) is 9.53 Å². The number of hydrogen-bond donors (Lipinski definition) is 3. The molecule has 0 aliphatic heterocycles. The van der Waals surface area contributed by atoms with Crippen LogP contribution in [0.25, 0.3) is 0 Å². The van der Waals surface area contributed by atoms with Crippen LogP contribution in [0.1, 0.15) is 72.6 Å². The van der Waals surface area contributed by atoms with E-state index in [9.17, 15) is 20.1 Å². The molecule has 5 atom stereocenters. The van der Waals surface area contributed by atoms with Crippen molar-refractivity contribution in [1.82, 2.24) is 0 Å². The first-order valence-electron chi connectivity index (χ1n) is 10.3. The molecule has 0 unspecified atom stereocenters. The third kappa shape index (κ3) is 4.41. The fourth-order valence-corrected chi connectivity index (χ4v) is 5.95. The molecular formula is C22H38O5. The topological polar surface area (TPSA) is 87.0 Å². The van der Waals surface area contributed by atoms with Crippen molar-refractivity contribution in [3.05, 3.63) is 12.2 Å². The van der Waals surface area contributed by atoms with E-state index >= 15 is 0 Å². The summed E-state index contributed by atoms with van der Waals surface area (Å²) in [6.07, 6.45) is 5.64.